The van der Waals surface area contributed by atoms with Crippen molar-refractivity contribution in [2.75, 3.05) is 11.5 Å². The van der Waals surface area contributed by atoms with Gasteiger partial charge in [0.15, 0.2) is 0 Å². The van der Waals surface area contributed by atoms with Crippen molar-refractivity contribution in [2.45, 2.75) is 64.1 Å². The first kappa shape index (κ1) is 18.9. The number of carbonyl (C=O) groups excluding carboxylic acids is 1. The van der Waals surface area contributed by atoms with Crippen LogP contribution in [-0.2, 0) is 11.3 Å². The zero-order valence-electron chi connectivity index (χ0n) is 16.7. The molecule has 2 aliphatic rings. The smallest absolute Gasteiger partial charge is 0.222 e. The molecule has 0 radical (unpaired) electrons. The van der Waals surface area contributed by atoms with Crippen LogP contribution in [0.3, 0.4) is 0 Å². The fourth-order valence-corrected chi connectivity index (χ4v) is 4.31. The summed E-state index contributed by atoms with van der Waals surface area (Å²) < 4.78 is 5.99. The topological polar surface area (TPSA) is 41.6 Å². The van der Waals surface area contributed by atoms with E-state index in [4.69, 9.17) is 4.74 Å². The summed E-state index contributed by atoms with van der Waals surface area (Å²) in [5, 5.41) is 3.26. The molecule has 1 amide bonds. The van der Waals surface area contributed by atoms with Gasteiger partial charge in [-0.25, -0.2) is 0 Å². The highest BCUT2D eigenvalue weighted by Crippen LogP contribution is 2.35. The molecule has 0 aromatic heterocycles. The van der Waals surface area contributed by atoms with E-state index in [-0.39, 0.29) is 11.9 Å². The quantitative estimate of drug-likeness (QED) is 0.827. The maximum absolute atomic E-state index is 12.7. The number of hydrogen-bond donors (Lipinski definition) is 1. The van der Waals surface area contributed by atoms with Crippen LogP contribution in [0.5, 0.6) is 5.75 Å². The maximum Gasteiger partial charge on any atom is 0.222 e. The van der Waals surface area contributed by atoms with Gasteiger partial charge in [0.25, 0.3) is 0 Å². The van der Waals surface area contributed by atoms with E-state index < -0.39 is 0 Å². The molecule has 4 rings (SSSR count). The molecular weight excluding hydrogens is 348 g/mol. The Balaban J connectivity index is 1.49. The number of nitrogens with zero attached hydrogens (tertiary/aromatic N) is 1. The molecule has 2 aromatic carbocycles. The Labute approximate surface area is 167 Å². The molecule has 0 spiro atoms. The fraction of sp³-hybridized carbons (Fsp3) is 0.458. The van der Waals surface area contributed by atoms with Crippen molar-refractivity contribution >= 4 is 11.6 Å². The molecule has 148 valence electrons. The Bertz CT molecular complexity index is 797. The summed E-state index contributed by atoms with van der Waals surface area (Å²) in [6.07, 6.45) is 6.45. The summed E-state index contributed by atoms with van der Waals surface area (Å²) in [4.78, 5) is 15.1. The minimum atomic E-state index is 0.0415. The summed E-state index contributed by atoms with van der Waals surface area (Å²) in [6, 6.07) is 17.2. The van der Waals surface area contributed by atoms with Crippen molar-refractivity contribution in [3.63, 3.8) is 0 Å². The minimum Gasteiger partial charge on any atom is -0.489 e. The number of para-hydroxylation sites is 2. The summed E-state index contributed by atoms with van der Waals surface area (Å²) >= 11 is 0. The molecule has 4 heteroatoms. The van der Waals surface area contributed by atoms with Crippen LogP contribution in [-0.4, -0.2) is 24.6 Å². The molecule has 1 saturated carbocycles. The lowest BCUT2D eigenvalue weighted by atomic mass is 9.95. The van der Waals surface area contributed by atoms with Gasteiger partial charge in [0.2, 0.25) is 5.91 Å². The number of hydrogen-bond acceptors (Lipinski definition) is 3. The third-order valence-electron chi connectivity index (χ3n) is 5.91. The average molecular weight is 379 g/mol. The number of amides is 1. The summed E-state index contributed by atoms with van der Waals surface area (Å²) in [6.45, 7) is 3.43. The second-order valence-corrected chi connectivity index (χ2v) is 8.15. The normalized spacial score (nSPS) is 19.6. The minimum absolute atomic E-state index is 0.0415. The van der Waals surface area contributed by atoms with Crippen LogP contribution in [0, 0.1) is 6.92 Å². The second-order valence-electron chi connectivity index (χ2n) is 8.15. The van der Waals surface area contributed by atoms with E-state index in [1.54, 1.807) is 0 Å². The second kappa shape index (κ2) is 8.68. The van der Waals surface area contributed by atoms with Gasteiger partial charge in [0.05, 0.1) is 18.2 Å². The molecule has 1 atom stereocenters. The summed E-state index contributed by atoms with van der Waals surface area (Å²) in [7, 11) is 0. The van der Waals surface area contributed by atoms with Gasteiger partial charge in [-0.3, -0.25) is 4.79 Å². The van der Waals surface area contributed by atoms with Gasteiger partial charge >= 0.3 is 0 Å². The van der Waals surface area contributed by atoms with Crippen molar-refractivity contribution in [2.24, 2.45) is 0 Å². The number of fused-ring (bicyclic) bond motifs is 1. The fourth-order valence-electron chi connectivity index (χ4n) is 4.31. The van der Waals surface area contributed by atoms with Gasteiger partial charge in [-0.2, -0.15) is 0 Å². The lowest BCUT2D eigenvalue weighted by molar-refractivity contribution is -0.122. The summed E-state index contributed by atoms with van der Waals surface area (Å²) in [5.74, 6) is 1.05. The zero-order valence-corrected chi connectivity index (χ0v) is 16.7. The number of ether oxygens (including phenoxy) is 1. The number of benzene rings is 2. The number of carbonyl (C=O) groups is 1. The predicted molar refractivity (Wildman–Crippen MR) is 113 cm³/mol. The lowest BCUT2D eigenvalue weighted by Gasteiger charge is -2.38. The molecule has 4 nitrogen and oxygen atoms in total. The van der Waals surface area contributed by atoms with Crippen LogP contribution in [0.1, 0.15) is 49.7 Å². The van der Waals surface area contributed by atoms with Crippen molar-refractivity contribution in [3.8, 4) is 5.75 Å². The molecule has 0 unspecified atom stereocenters. The standard InChI is InChI=1S/C24H30N2O2/c1-18-11-13-19(14-12-18)16-26-21(17-28-23-10-6-5-9-22(23)26)15-24(27)25-20-7-3-2-4-8-20/h5-6,9-14,20-21H,2-4,7-8,15-17H2,1H3,(H,25,27)/t21-/m0/s1. The molecule has 1 aliphatic heterocycles. The van der Waals surface area contributed by atoms with E-state index in [9.17, 15) is 4.79 Å². The molecule has 1 heterocycles. The van der Waals surface area contributed by atoms with Crippen LogP contribution in [0.15, 0.2) is 48.5 Å². The van der Waals surface area contributed by atoms with Gasteiger partial charge in [-0.1, -0.05) is 61.2 Å². The Morgan fingerprint density at radius 2 is 1.82 bits per heavy atom. The van der Waals surface area contributed by atoms with E-state index >= 15 is 0 Å². The Hall–Kier alpha value is -2.49. The maximum atomic E-state index is 12.7. The summed E-state index contributed by atoms with van der Waals surface area (Å²) in [5.41, 5.74) is 3.58. The number of aryl methyl sites for hydroxylation is 1. The molecule has 28 heavy (non-hydrogen) atoms. The SMILES string of the molecule is Cc1ccc(CN2c3ccccc3OC[C@@H]2CC(=O)NC2CCCCC2)cc1. The molecule has 1 fully saturated rings. The first-order valence-electron chi connectivity index (χ1n) is 10.5. The highest BCUT2D eigenvalue weighted by atomic mass is 16.5. The van der Waals surface area contributed by atoms with Crippen LogP contribution >= 0.6 is 0 Å². The Kier molecular flexibility index (Phi) is 5.84. The van der Waals surface area contributed by atoms with Crippen LogP contribution in [0.25, 0.3) is 0 Å². The molecule has 0 saturated heterocycles. The van der Waals surface area contributed by atoms with Crippen LogP contribution in [0.4, 0.5) is 5.69 Å². The highest BCUT2D eigenvalue weighted by Gasteiger charge is 2.30. The van der Waals surface area contributed by atoms with Gasteiger partial charge < -0.3 is 15.0 Å². The van der Waals surface area contributed by atoms with Crippen molar-refractivity contribution < 1.29 is 9.53 Å². The van der Waals surface area contributed by atoms with Gasteiger partial charge in [-0.05, 0) is 37.5 Å². The molecular formula is C24H30N2O2. The van der Waals surface area contributed by atoms with Crippen molar-refractivity contribution in [1.82, 2.24) is 5.32 Å². The third-order valence-corrected chi connectivity index (χ3v) is 5.91. The monoisotopic (exact) mass is 378 g/mol. The van der Waals surface area contributed by atoms with Gasteiger partial charge in [-0.15, -0.1) is 0 Å². The Morgan fingerprint density at radius 1 is 1.07 bits per heavy atom. The number of anilines is 1. The Morgan fingerprint density at radius 3 is 2.61 bits per heavy atom. The highest BCUT2D eigenvalue weighted by molar-refractivity contribution is 5.78. The van der Waals surface area contributed by atoms with Gasteiger partial charge in [0, 0.05) is 12.6 Å². The third kappa shape index (κ3) is 4.49. The lowest BCUT2D eigenvalue weighted by Crippen LogP contribution is -2.47. The number of nitrogens with one attached hydrogen (secondary N) is 1. The van der Waals surface area contributed by atoms with Crippen molar-refractivity contribution in [3.05, 3.63) is 59.7 Å². The van der Waals surface area contributed by atoms with E-state index in [0.717, 1.165) is 30.8 Å². The molecule has 1 aliphatic carbocycles. The number of rotatable bonds is 5. The van der Waals surface area contributed by atoms with E-state index in [1.165, 1.54) is 30.4 Å². The average Bonchev–Trinajstić information content (AvgIpc) is 2.72. The van der Waals surface area contributed by atoms with E-state index in [1.807, 2.05) is 18.2 Å². The predicted octanol–water partition coefficient (Wildman–Crippen LogP) is 4.60. The van der Waals surface area contributed by atoms with E-state index in [2.05, 4.69) is 47.5 Å². The zero-order chi connectivity index (χ0) is 19.3. The molecule has 2 aromatic rings. The van der Waals surface area contributed by atoms with Crippen LogP contribution in [0.2, 0.25) is 0 Å². The molecule has 0 bridgehead atoms. The first-order valence-corrected chi connectivity index (χ1v) is 10.5. The van der Waals surface area contributed by atoms with Crippen molar-refractivity contribution in [1.29, 1.82) is 0 Å². The van der Waals surface area contributed by atoms with Crippen LogP contribution < -0.4 is 15.0 Å². The van der Waals surface area contributed by atoms with E-state index in [0.29, 0.717) is 19.1 Å². The first-order chi connectivity index (χ1) is 13.7. The van der Waals surface area contributed by atoms with Gasteiger partial charge in [0.1, 0.15) is 12.4 Å². The largest absolute Gasteiger partial charge is 0.489 e. The molecule has 1 N–H and O–H groups in total.